The zero-order valence-electron chi connectivity index (χ0n) is 17.8. The van der Waals surface area contributed by atoms with Crippen molar-refractivity contribution in [2.24, 2.45) is 0 Å². The van der Waals surface area contributed by atoms with Gasteiger partial charge in [0.2, 0.25) is 0 Å². The lowest BCUT2D eigenvalue weighted by Crippen LogP contribution is -2.34. The van der Waals surface area contributed by atoms with Gasteiger partial charge >= 0.3 is 0 Å². The van der Waals surface area contributed by atoms with Crippen molar-refractivity contribution in [1.29, 1.82) is 0 Å². The fraction of sp³-hybridized carbons (Fsp3) is 0.292. The van der Waals surface area contributed by atoms with Gasteiger partial charge < -0.3 is 10.2 Å². The van der Waals surface area contributed by atoms with Crippen LogP contribution in [0.25, 0.3) is 5.69 Å². The van der Waals surface area contributed by atoms with Gasteiger partial charge in [0.1, 0.15) is 0 Å². The quantitative estimate of drug-likeness (QED) is 0.335. The molecule has 0 spiro atoms. The van der Waals surface area contributed by atoms with E-state index in [2.05, 4.69) is 34.4 Å². The van der Waals surface area contributed by atoms with Crippen LogP contribution in [-0.4, -0.2) is 41.1 Å². The Kier molecular flexibility index (Phi) is 7.01. The molecule has 6 heteroatoms. The van der Waals surface area contributed by atoms with Crippen LogP contribution in [0.3, 0.4) is 0 Å². The van der Waals surface area contributed by atoms with Crippen LogP contribution in [-0.2, 0) is 4.79 Å². The van der Waals surface area contributed by atoms with Crippen molar-refractivity contribution >= 4 is 17.4 Å². The molecule has 0 aliphatic carbocycles. The van der Waals surface area contributed by atoms with E-state index in [1.807, 2.05) is 55.5 Å². The van der Waals surface area contributed by atoms with Gasteiger partial charge in [-0.05, 0) is 51.5 Å². The van der Waals surface area contributed by atoms with E-state index in [1.165, 1.54) is 0 Å². The monoisotopic (exact) mass is 404 g/mol. The van der Waals surface area contributed by atoms with E-state index >= 15 is 0 Å². The van der Waals surface area contributed by atoms with Crippen LogP contribution in [0, 0.1) is 13.8 Å². The summed E-state index contributed by atoms with van der Waals surface area (Å²) in [6.07, 6.45) is 0.753. The lowest BCUT2D eigenvalue weighted by atomic mass is 10.1. The Labute approximate surface area is 177 Å². The van der Waals surface area contributed by atoms with Crippen molar-refractivity contribution in [3.05, 3.63) is 77.6 Å². The highest BCUT2D eigenvalue weighted by atomic mass is 16.2. The second-order valence-corrected chi connectivity index (χ2v) is 7.15. The van der Waals surface area contributed by atoms with E-state index in [4.69, 9.17) is 0 Å². The Hall–Kier alpha value is -3.41. The molecule has 30 heavy (non-hydrogen) atoms. The lowest BCUT2D eigenvalue weighted by molar-refractivity contribution is -0.117. The summed E-state index contributed by atoms with van der Waals surface area (Å²) in [5.74, 6) is -1.13. The highest BCUT2D eigenvalue weighted by Crippen LogP contribution is 2.18. The molecular weight excluding hydrogens is 376 g/mol. The largest absolute Gasteiger partial charge is 0.372 e. The zero-order chi connectivity index (χ0) is 21.5. The summed E-state index contributed by atoms with van der Waals surface area (Å²) < 4.78 is 1.70. The van der Waals surface area contributed by atoms with E-state index in [9.17, 15) is 9.59 Å². The molecule has 0 saturated carbocycles. The number of amides is 1. The molecule has 1 heterocycles. The lowest BCUT2D eigenvalue weighted by Gasteiger charge is -2.23. The average molecular weight is 405 g/mol. The summed E-state index contributed by atoms with van der Waals surface area (Å²) in [5.41, 5.74) is 3.61. The summed E-state index contributed by atoms with van der Waals surface area (Å²) in [5, 5.41) is 7.22. The highest BCUT2D eigenvalue weighted by Gasteiger charge is 2.24. The molecule has 0 atom stereocenters. The Morgan fingerprint density at radius 3 is 2.27 bits per heavy atom. The molecular formula is C24H28N4O2. The third kappa shape index (κ3) is 4.76. The molecule has 0 saturated heterocycles. The van der Waals surface area contributed by atoms with E-state index in [0.29, 0.717) is 23.5 Å². The molecule has 1 aromatic heterocycles. The molecule has 0 radical (unpaired) electrons. The van der Waals surface area contributed by atoms with Gasteiger partial charge in [0, 0.05) is 25.3 Å². The van der Waals surface area contributed by atoms with Crippen LogP contribution in [0.4, 0.5) is 5.69 Å². The molecule has 3 aromatic rings. The number of hydrogen-bond acceptors (Lipinski definition) is 4. The number of benzene rings is 2. The maximum atomic E-state index is 12.8. The molecule has 0 bridgehead atoms. The SMILES string of the molecule is CCN(CCCNC(=O)C(=O)c1c(C)nn(-c2ccccc2)c1C)c1ccccc1. The Bertz CT molecular complexity index is 997. The van der Waals surface area contributed by atoms with E-state index in [0.717, 1.165) is 30.9 Å². The first-order valence-corrected chi connectivity index (χ1v) is 10.3. The van der Waals surface area contributed by atoms with Crippen molar-refractivity contribution in [3.63, 3.8) is 0 Å². The van der Waals surface area contributed by atoms with Crippen LogP contribution in [0.5, 0.6) is 0 Å². The van der Waals surface area contributed by atoms with Crippen molar-refractivity contribution in [1.82, 2.24) is 15.1 Å². The Morgan fingerprint density at radius 1 is 1.00 bits per heavy atom. The number of anilines is 1. The van der Waals surface area contributed by atoms with E-state index < -0.39 is 11.7 Å². The summed E-state index contributed by atoms with van der Waals surface area (Å²) in [4.78, 5) is 27.5. The third-order valence-corrected chi connectivity index (χ3v) is 5.12. The number of ketones is 1. The minimum atomic E-state index is -0.587. The minimum Gasteiger partial charge on any atom is -0.372 e. The first kappa shape index (κ1) is 21.3. The molecule has 1 N–H and O–H groups in total. The van der Waals surface area contributed by atoms with E-state index in [-0.39, 0.29) is 0 Å². The van der Waals surface area contributed by atoms with Crippen molar-refractivity contribution in [3.8, 4) is 5.69 Å². The van der Waals surface area contributed by atoms with Gasteiger partial charge in [-0.3, -0.25) is 9.59 Å². The summed E-state index contributed by atoms with van der Waals surface area (Å²) in [7, 11) is 0. The number of nitrogens with one attached hydrogen (secondary N) is 1. The smallest absolute Gasteiger partial charge is 0.292 e. The number of carbonyl (C=O) groups is 2. The van der Waals surface area contributed by atoms with Gasteiger partial charge in [0.05, 0.1) is 22.6 Å². The zero-order valence-corrected chi connectivity index (χ0v) is 17.8. The summed E-state index contributed by atoms with van der Waals surface area (Å²) >= 11 is 0. The molecule has 1 amide bonds. The van der Waals surface area contributed by atoms with Gasteiger partial charge in [-0.1, -0.05) is 36.4 Å². The molecule has 6 nitrogen and oxygen atoms in total. The molecule has 0 unspecified atom stereocenters. The van der Waals surface area contributed by atoms with Gasteiger partial charge in [0.25, 0.3) is 11.7 Å². The number of rotatable bonds is 9. The van der Waals surface area contributed by atoms with E-state index in [1.54, 1.807) is 11.6 Å². The normalized spacial score (nSPS) is 10.6. The van der Waals surface area contributed by atoms with Crippen LogP contribution < -0.4 is 10.2 Å². The number of aryl methyl sites for hydroxylation is 1. The van der Waals surface area contributed by atoms with Crippen LogP contribution in [0.15, 0.2) is 60.7 Å². The molecule has 0 fully saturated rings. The first-order chi connectivity index (χ1) is 14.5. The molecule has 3 rings (SSSR count). The number of Topliss-reactive ketones (excluding diaryl/α,β-unsaturated/α-hetero) is 1. The highest BCUT2D eigenvalue weighted by molar-refractivity contribution is 6.43. The topological polar surface area (TPSA) is 67.2 Å². The van der Waals surface area contributed by atoms with Crippen LogP contribution in [0.1, 0.15) is 35.1 Å². The Balaban J connectivity index is 1.59. The number of aromatic nitrogens is 2. The third-order valence-electron chi connectivity index (χ3n) is 5.12. The average Bonchev–Trinajstić information content (AvgIpc) is 3.08. The number of hydrogen-bond donors (Lipinski definition) is 1. The fourth-order valence-electron chi connectivity index (χ4n) is 3.57. The van der Waals surface area contributed by atoms with Crippen molar-refractivity contribution in [2.75, 3.05) is 24.5 Å². The van der Waals surface area contributed by atoms with Gasteiger partial charge in [-0.2, -0.15) is 5.10 Å². The Morgan fingerprint density at radius 2 is 1.63 bits per heavy atom. The fourth-order valence-corrected chi connectivity index (χ4v) is 3.57. The number of carbonyl (C=O) groups excluding carboxylic acids is 2. The predicted molar refractivity (Wildman–Crippen MR) is 119 cm³/mol. The first-order valence-electron chi connectivity index (χ1n) is 10.3. The predicted octanol–water partition coefficient (Wildman–Crippen LogP) is 3.70. The number of nitrogens with zero attached hydrogens (tertiary/aromatic N) is 3. The maximum Gasteiger partial charge on any atom is 0.292 e. The number of para-hydroxylation sites is 2. The standard InChI is InChI=1S/C24H28N4O2/c1-4-27(20-12-7-5-8-13-20)17-11-16-25-24(30)23(29)22-18(2)26-28(19(22)3)21-14-9-6-10-15-21/h5-10,12-15H,4,11,16-17H2,1-3H3,(H,25,30). The van der Waals surface area contributed by atoms with Gasteiger partial charge in [0.15, 0.2) is 0 Å². The second-order valence-electron chi connectivity index (χ2n) is 7.15. The summed E-state index contributed by atoms with van der Waals surface area (Å²) in [6, 6.07) is 19.7. The van der Waals surface area contributed by atoms with Crippen LogP contribution in [0.2, 0.25) is 0 Å². The second kappa shape index (κ2) is 9.87. The molecule has 156 valence electrons. The van der Waals surface area contributed by atoms with Gasteiger partial charge in [-0.25, -0.2) is 4.68 Å². The van der Waals surface area contributed by atoms with Gasteiger partial charge in [-0.15, -0.1) is 0 Å². The van der Waals surface area contributed by atoms with Crippen molar-refractivity contribution in [2.45, 2.75) is 27.2 Å². The molecule has 0 aliphatic rings. The molecule has 2 aromatic carbocycles. The molecule has 0 aliphatic heterocycles. The van der Waals surface area contributed by atoms with Crippen LogP contribution >= 0.6 is 0 Å². The maximum absolute atomic E-state index is 12.8. The summed E-state index contributed by atoms with van der Waals surface area (Å²) in [6.45, 7) is 7.80. The van der Waals surface area contributed by atoms with Crippen molar-refractivity contribution < 1.29 is 9.59 Å². The minimum absolute atomic E-state index is 0.371.